The number of nitrogens with two attached hydrogens (primary N) is 1. The number of carbonyl (C=O) groups is 3. The Labute approximate surface area is 428 Å². The van der Waals surface area contributed by atoms with Crippen LogP contribution in [-0.2, 0) is 38.9 Å². The van der Waals surface area contributed by atoms with E-state index in [0.717, 1.165) is 42.4 Å². The summed E-state index contributed by atoms with van der Waals surface area (Å²) in [5.74, 6) is -0.337. The summed E-state index contributed by atoms with van der Waals surface area (Å²) in [6.45, 7) is 3.73. The lowest BCUT2D eigenvalue weighted by molar-refractivity contribution is -0.161. The first kappa shape index (κ1) is 57.3. The van der Waals surface area contributed by atoms with Gasteiger partial charge in [0, 0.05) is 26.1 Å². The van der Waals surface area contributed by atoms with Gasteiger partial charge in [-0.05, 0) is 53.4 Å². The van der Waals surface area contributed by atoms with Crippen LogP contribution in [0.25, 0.3) is 0 Å². The topological polar surface area (TPSA) is 180 Å². The number of unbranched alkanes of at least 4 members (excludes halogenated alkanes) is 19. The number of anilines is 1. The highest BCUT2D eigenvalue weighted by Gasteiger charge is 2.51. The largest absolute Gasteiger partial charge is 0.497 e. The van der Waals surface area contributed by atoms with Gasteiger partial charge in [-0.1, -0.05) is 184 Å². The number of nitrogens with zero attached hydrogens (tertiary/aromatic N) is 2. The molecule has 0 radical (unpaired) electrons. The third-order valence-corrected chi connectivity index (χ3v) is 13.5. The molecule has 4 atom stereocenters. The summed E-state index contributed by atoms with van der Waals surface area (Å²) in [5, 5.41) is 2.55. The van der Waals surface area contributed by atoms with E-state index in [9.17, 15) is 19.2 Å². The molecule has 1 unspecified atom stereocenters. The van der Waals surface area contributed by atoms with Gasteiger partial charge in [0.2, 0.25) is 11.8 Å². The first-order chi connectivity index (χ1) is 35.1. The molecule has 0 spiro atoms. The van der Waals surface area contributed by atoms with Gasteiger partial charge in [0.15, 0.2) is 12.3 Å². The van der Waals surface area contributed by atoms with Crippen LogP contribution in [0.15, 0.2) is 95.9 Å². The summed E-state index contributed by atoms with van der Waals surface area (Å²) >= 11 is 0. The van der Waals surface area contributed by atoms with Crippen LogP contribution in [0, 0.1) is 0 Å². The lowest BCUT2D eigenvalue weighted by atomic mass is 9.80. The van der Waals surface area contributed by atoms with Gasteiger partial charge in [0.1, 0.15) is 35.1 Å². The van der Waals surface area contributed by atoms with Crippen molar-refractivity contribution >= 4 is 23.6 Å². The molecular weight excluding hydrogens is 913 g/mol. The molecule has 0 aliphatic carbocycles. The third kappa shape index (κ3) is 18.2. The fourth-order valence-electron chi connectivity index (χ4n) is 9.54. The zero-order valence-electron chi connectivity index (χ0n) is 43.5. The Kier molecular flexibility index (Phi) is 25.3. The van der Waals surface area contributed by atoms with Crippen LogP contribution in [0.2, 0.25) is 0 Å². The predicted molar refractivity (Wildman–Crippen MR) is 281 cm³/mol. The van der Waals surface area contributed by atoms with Crippen LogP contribution >= 0.6 is 0 Å². The molecule has 1 aliphatic heterocycles. The van der Waals surface area contributed by atoms with Crippen molar-refractivity contribution in [3.63, 3.8) is 0 Å². The Morgan fingerprint density at radius 1 is 0.653 bits per heavy atom. The van der Waals surface area contributed by atoms with Gasteiger partial charge in [-0.25, -0.2) is 4.79 Å². The minimum atomic E-state index is -1.26. The number of esters is 1. The van der Waals surface area contributed by atoms with E-state index >= 15 is 0 Å². The van der Waals surface area contributed by atoms with Crippen molar-refractivity contribution in [3.8, 4) is 11.5 Å². The van der Waals surface area contributed by atoms with Crippen LogP contribution in [0.1, 0.15) is 178 Å². The monoisotopic (exact) mass is 995 g/mol. The van der Waals surface area contributed by atoms with Crippen molar-refractivity contribution in [1.29, 1.82) is 0 Å². The molecule has 394 valence electrons. The molecule has 1 aliphatic rings. The highest BCUT2D eigenvalue weighted by atomic mass is 16.6. The van der Waals surface area contributed by atoms with E-state index in [4.69, 9.17) is 34.2 Å². The first-order valence-electron chi connectivity index (χ1n) is 26.7. The van der Waals surface area contributed by atoms with E-state index in [1.54, 1.807) is 14.2 Å². The third-order valence-electron chi connectivity index (χ3n) is 13.5. The fourth-order valence-corrected chi connectivity index (χ4v) is 9.54. The van der Waals surface area contributed by atoms with Crippen molar-refractivity contribution in [2.24, 2.45) is 5.73 Å². The van der Waals surface area contributed by atoms with Crippen LogP contribution in [-0.4, -0.2) is 73.1 Å². The molecule has 3 N–H and O–H groups in total. The molecular formula is C58H82N4O10. The van der Waals surface area contributed by atoms with Gasteiger partial charge in [-0.3, -0.25) is 19.0 Å². The molecule has 3 aromatic carbocycles. The van der Waals surface area contributed by atoms with Crippen molar-refractivity contribution in [2.45, 2.75) is 185 Å². The van der Waals surface area contributed by atoms with Gasteiger partial charge < -0.3 is 39.5 Å². The van der Waals surface area contributed by atoms with Gasteiger partial charge in [-0.15, -0.1) is 0 Å². The Morgan fingerprint density at radius 2 is 1.14 bits per heavy atom. The molecule has 0 saturated carbocycles. The highest BCUT2D eigenvalue weighted by molar-refractivity contribution is 5.87. The van der Waals surface area contributed by atoms with E-state index in [2.05, 4.69) is 17.2 Å². The van der Waals surface area contributed by atoms with E-state index in [1.165, 1.54) is 126 Å². The highest BCUT2D eigenvalue weighted by Crippen LogP contribution is 2.43. The summed E-state index contributed by atoms with van der Waals surface area (Å²) < 4.78 is 39.1. The lowest BCUT2D eigenvalue weighted by Crippen LogP contribution is -2.43. The lowest BCUT2D eigenvalue weighted by Gasteiger charge is -2.37. The molecule has 1 fully saturated rings. The zero-order valence-corrected chi connectivity index (χ0v) is 43.5. The summed E-state index contributed by atoms with van der Waals surface area (Å²) in [6.07, 6.45) is 22.1. The molecule has 2 heterocycles. The van der Waals surface area contributed by atoms with Crippen molar-refractivity contribution in [1.82, 2.24) is 9.55 Å². The van der Waals surface area contributed by atoms with E-state index in [-0.39, 0.29) is 31.2 Å². The summed E-state index contributed by atoms with van der Waals surface area (Å²) in [6, 6.07) is 26.4. The number of benzene rings is 3. The number of hydrogen-bond donors (Lipinski definition) is 2. The number of carbonyl (C=O) groups excluding carboxylic acids is 3. The van der Waals surface area contributed by atoms with Crippen molar-refractivity contribution in [3.05, 3.63) is 118 Å². The smallest absolute Gasteiger partial charge is 0.351 e. The maximum Gasteiger partial charge on any atom is 0.351 e. The van der Waals surface area contributed by atoms with Crippen LogP contribution in [0.4, 0.5) is 5.82 Å². The van der Waals surface area contributed by atoms with Gasteiger partial charge >= 0.3 is 11.7 Å². The number of rotatable bonds is 36. The van der Waals surface area contributed by atoms with Crippen LogP contribution in [0.3, 0.4) is 0 Å². The summed E-state index contributed by atoms with van der Waals surface area (Å²) in [7, 11) is 3.21. The van der Waals surface area contributed by atoms with Crippen LogP contribution < -0.4 is 26.2 Å². The average Bonchev–Trinajstić information content (AvgIpc) is 3.72. The molecule has 72 heavy (non-hydrogen) atoms. The molecule has 14 heteroatoms. The second kappa shape index (κ2) is 31.8. The van der Waals surface area contributed by atoms with Gasteiger partial charge in [0.25, 0.3) is 0 Å². The van der Waals surface area contributed by atoms with E-state index < -0.39 is 47.7 Å². The van der Waals surface area contributed by atoms with E-state index in [0.29, 0.717) is 18.1 Å². The predicted octanol–water partition coefficient (Wildman–Crippen LogP) is 11.5. The molecule has 1 aromatic heterocycles. The standard InChI is InChI=1S/C58H82N4O10/c1-5-6-7-8-9-10-11-12-13-14-15-16-17-18-19-20-21-22-23-27-42-69-55-54(72-53(65)39-38-51(59)64)50(71-56(55)62-41-40-52(60-44(2)63)61-57(62)66)43-70-58(45-28-25-24-26-29-45,46-30-34-48(67-3)35-31-46)47-32-36-49(68-4)37-33-47/h24-26,28-37,40-41,50,54-56H,5-23,27,38-39,42-43H2,1-4H3,(H2,59,64)(H,60,61,63,66)/t50-,54?,55+,56-/m1/s1. The van der Waals surface area contributed by atoms with Crippen molar-refractivity contribution < 1.29 is 42.8 Å². The van der Waals surface area contributed by atoms with Crippen molar-refractivity contribution in [2.75, 3.05) is 32.8 Å². The zero-order chi connectivity index (χ0) is 51.4. The molecule has 1 saturated heterocycles. The number of nitrogens with one attached hydrogen (secondary N) is 1. The first-order valence-corrected chi connectivity index (χ1v) is 26.7. The maximum absolute atomic E-state index is 13.8. The second-order valence-electron chi connectivity index (χ2n) is 19.0. The quantitative estimate of drug-likeness (QED) is 0.0251. The molecule has 2 amide bonds. The van der Waals surface area contributed by atoms with Crippen LogP contribution in [0.5, 0.6) is 11.5 Å². The second-order valence-corrected chi connectivity index (χ2v) is 19.0. The Balaban J connectivity index is 1.29. The molecule has 14 nitrogen and oxygen atoms in total. The minimum absolute atomic E-state index is 0.0736. The Bertz CT molecular complexity index is 2190. The van der Waals surface area contributed by atoms with Gasteiger partial charge in [0.05, 0.1) is 27.2 Å². The number of hydrogen-bond acceptors (Lipinski definition) is 11. The van der Waals surface area contributed by atoms with E-state index in [1.807, 2.05) is 78.9 Å². The summed E-state index contributed by atoms with van der Waals surface area (Å²) in [5.41, 5.74) is 5.81. The number of primary amides is 1. The average molecular weight is 995 g/mol. The number of ether oxygens (including phenoxy) is 6. The number of methoxy groups -OCH3 is 2. The Morgan fingerprint density at radius 3 is 1.60 bits per heavy atom. The Hall–Kier alpha value is -5.57. The summed E-state index contributed by atoms with van der Waals surface area (Å²) in [4.78, 5) is 55.1. The minimum Gasteiger partial charge on any atom is -0.497 e. The normalized spacial score (nSPS) is 16.6. The fraction of sp³-hybridized carbons (Fsp3) is 0.569. The molecule has 5 rings (SSSR count). The molecule has 4 aromatic rings. The van der Waals surface area contributed by atoms with Gasteiger partial charge in [-0.2, -0.15) is 4.98 Å². The number of amides is 2. The SMILES string of the molecule is CCCCCCCCCCCCCCCCCCCCCCO[C@H]1C(OC(=O)CCC(N)=O)[C@@H](COC(c2ccccc2)(c2ccc(OC)cc2)c2ccc(OC)cc2)O[C@H]1n1ccc(NC(C)=O)nc1=O. The maximum atomic E-state index is 13.8. The molecule has 0 bridgehead atoms. The number of aromatic nitrogens is 2.